The second kappa shape index (κ2) is 5.54. The number of hydrogen-bond acceptors (Lipinski definition) is 6. The number of carbonyl (C=O) groups excluding carboxylic acids is 2. The highest BCUT2D eigenvalue weighted by molar-refractivity contribution is 8.14. The summed E-state index contributed by atoms with van der Waals surface area (Å²) in [5, 5.41) is 11.2. The molecule has 0 unspecified atom stereocenters. The van der Waals surface area contributed by atoms with E-state index in [2.05, 4.69) is 10.2 Å². The van der Waals surface area contributed by atoms with Gasteiger partial charge < -0.3 is 10.2 Å². The largest absolute Gasteiger partial charge is 0.334 e. The number of nitrogens with one attached hydrogen (secondary N) is 1. The van der Waals surface area contributed by atoms with E-state index in [1.807, 2.05) is 0 Å². The van der Waals surface area contributed by atoms with Crippen molar-refractivity contribution < 1.29 is 19.5 Å². The zero-order valence-electron chi connectivity index (χ0n) is 8.54. The lowest BCUT2D eigenvalue weighted by Gasteiger charge is -2.22. The highest BCUT2D eigenvalue weighted by atomic mass is 32.2. The van der Waals surface area contributed by atoms with E-state index in [1.54, 1.807) is 6.92 Å². The SMILES string of the molecule is CCN(CO[N+](=O)[O-])C(=O)[C@@H]1CSC(=O)N1. The lowest BCUT2D eigenvalue weighted by Crippen LogP contribution is -2.46. The molecule has 2 amide bonds. The molecular weight excluding hydrogens is 238 g/mol. The summed E-state index contributed by atoms with van der Waals surface area (Å²) in [6.07, 6.45) is 0. The minimum atomic E-state index is -0.960. The van der Waals surface area contributed by atoms with Gasteiger partial charge in [-0.2, -0.15) is 0 Å². The quantitative estimate of drug-likeness (QED) is 0.412. The normalized spacial score (nSPS) is 19.1. The van der Waals surface area contributed by atoms with Crippen LogP contribution in [0.3, 0.4) is 0 Å². The summed E-state index contributed by atoms with van der Waals surface area (Å²) >= 11 is 1.01. The molecule has 0 bridgehead atoms. The maximum Gasteiger partial charge on any atom is 0.296 e. The van der Waals surface area contributed by atoms with E-state index < -0.39 is 17.9 Å². The Bertz CT molecular complexity index is 310. The summed E-state index contributed by atoms with van der Waals surface area (Å²) in [7, 11) is 0. The maximum absolute atomic E-state index is 11.7. The molecular formula is C7H11N3O5S. The Morgan fingerprint density at radius 1 is 1.81 bits per heavy atom. The highest BCUT2D eigenvalue weighted by Gasteiger charge is 2.31. The van der Waals surface area contributed by atoms with E-state index in [4.69, 9.17) is 0 Å². The van der Waals surface area contributed by atoms with Crippen LogP contribution in [0.1, 0.15) is 6.92 Å². The second-order valence-corrected chi connectivity index (χ2v) is 3.96. The predicted molar refractivity (Wildman–Crippen MR) is 55.1 cm³/mol. The first-order chi connectivity index (χ1) is 7.54. The van der Waals surface area contributed by atoms with Crippen molar-refractivity contribution in [1.82, 2.24) is 10.2 Å². The molecule has 1 fully saturated rings. The summed E-state index contributed by atoms with van der Waals surface area (Å²) in [6, 6.07) is -0.618. The molecule has 1 atom stereocenters. The number of rotatable bonds is 5. The molecule has 0 saturated carbocycles. The summed E-state index contributed by atoms with van der Waals surface area (Å²) in [6.45, 7) is 1.54. The molecule has 9 heteroatoms. The molecule has 0 aromatic rings. The van der Waals surface area contributed by atoms with Crippen LogP contribution in [-0.2, 0) is 9.63 Å². The third-order valence-corrected chi connectivity index (χ3v) is 2.86. The first-order valence-corrected chi connectivity index (χ1v) is 5.52. The number of thioether (sulfide) groups is 1. The Kier molecular flexibility index (Phi) is 4.35. The van der Waals surface area contributed by atoms with Gasteiger partial charge in [0.15, 0.2) is 6.73 Å². The van der Waals surface area contributed by atoms with Crippen molar-refractivity contribution in [3.63, 3.8) is 0 Å². The molecule has 1 rings (SSSR count). The summed E-state index contributed by atoms with van der Waals surface area (Å²) in [5.74, 6) is -0.0326. The third-order valence-electron chi connectivity index (χ3n) is 1.98. The molecule has 90 valence electrons. The van der Waals surface area contributed by atoms with Gasteiger partial charge >= 0.3 is 0 Å². The van der Waals surface area contributed by atoms with E-state index in [9.17, 15) is 19.7 Å². The molecule has 1 heterocycles. The van der Waals surface area contributed by atoms with Crippen LogP contribution in [0.25, 0.3) is 0 Å². The van der Waals surface area contributed by atoms with Crippen molar-refractivity contribution >= 4 is 22.9 Å². The fraction of sp³-hybridized carbons (Fsp3) is 0.714. The Hall–Kier alpha value is -1.51. The van der Waals surface area contributed by atoms with Crippen LogP contribution in [0, 0.1) is 10.1 Å². The monoisotopic (exact) mass is 249 g/mol. The van der Waals surface area contributed by atoms with Crippen molar-refractivity contribution in [2.75, 3.05) is 19.0 Å². The molecule has 8 nitrogen and oxygen atoms in total. The van der Waals surface area contributed by atoms with Gasteiger partial charge in [0.25, 0.3) is 10.3 Å². The van der Waals surface area contributed by atoms with Crippen molar-refractivity contribution in [2.45, 2.75) is 13.0 Å². The Labute approximate surface area is 95.4 Å². The van der Waals surface area contributed by atoms with Crippen LogP contribution in [0.2, 0.25) is 0 Å². The fourth-order valence-electron chi connectivity index (χ4n) is 1.17. The van der Waals surface area contributed by atoms with Crippen molar-refractivity contribution in [1.29, 1.82) is 0 Å². The van der Waals surface area contributed by atoms with Gasteiger partial charge in [-0.25, -0.2) is 0 Å². The van der Waals surface area contributed by atoms with Gasteiger partial charge in [-0.05, 0) is 6.92 Å². The van der Waals surface area contributed by atoms with E-state index in [0.717, 1.165) is 11.8 Å². The molecule has 1 aliphatic heterocycles. The van der Waals surface area contributed by atoms with Gasteiger partial charge in [0.05, 0.1) is 0 Å². The second-order valence-electron chi connectivity index (χ2n) is 2.97. The van der Waals surface area contributed by atoms with Crippen molar-refractivity contribution in [2.24, 2.45) is 0 Å². The van der Waals surface area contributed by atoms with Crippen LogP contribution in [-0.4, -0.2) is 46.2 Å². The lowest BCUT2D eigenvalue weighted by atomic mass is 10.3. The fourth-order valence-corrected chi connectivity index (χ4v) is 1.94. The third kappa shape index (κ3) is 3.26. The van der Waals surface area contributed by atoms with Gasteiger partial charge in [-0.15, -0.1) is 10.1 Å². The Balaban J connectivity index is 2.48. The number of carbonyl (C=O) groups is 2. The number of nitrogens with zero attached hydrogens (tertiary/aromatic N) is 2. The zero-order chi connectivity index (χ0) is 12.1. The molecule has 16 heavy (non-hydrogen) atoms. The van der Waals surface area contributed by atoms with E-state index >= 15 is 0 Å². The first-order valence-electron chi connectivity index (χ1n) is 4.54. The van der Waals surface area contributed by atoms with Gasteiger partial charge in [0, 0.05) is 12.3 Å². The van der Waals surface area contributed by atoms with Gasteiger partial charge in [0.1, 0.15) is 6.04 Å². The van der Waals surface area contributed by atoms with Gasteiger partial charge in [0.2, 0.25) is 5.91 Å². The predicted octanol–water partition coefficient (Wildman–Crippen LogP) is -0.174. The smallest absolute Gasteiger partial charge is 0.296 e. The number of hydrogen-bond donors (Lipinski definition) is 1. The minimum absolute atomic E-state index is 0.260. The summed E-state index contributed by atoms with van der Waals surface area (Å²) in [4.78, 5) is 37.9. The maximum atomic E-state index is 11.7. The molecule has 0 spiro atoms. The average molecular weight is 249 g/mol. The first kappa shape index (κ1) is 12.6. The molecule has 0 radical (unpaired) electrons. The molecule has 1 saturated heterocycles. The summed E-state index contributed by atoms with van der Waals surface area (Å²) in [5.41, 5.74) is 0. The molecule has 0 aliphatic carbocycles. The topological polar surface area (TPSA) is 102 Å². The van der Waals surface area contributed by atoms with Crippen LogP contribution < -0.4 is 5.32 Å². The van der Waals surface area contributed by atoms with Gasteiger partial charge in [-0.1, -0.05) is 11.8 Å². The van der Waals surface area contributed by atoms with Crippen LogP contribution in [0.5, 0.6) is 0 Å². The van der Waals surface area contributed by atoms with E-state index in [-0.39, 0.29) is 17.7 Å². The lowest BCUT2D eigenvalue weighted by molar-refractivity contribution is -0.761. The standard InChI is InChI=1S/C7H11N3O5S/c1-2-9(4-15-10(13)14)6(11)5-3-16-7(12)8-5/h5H,2-4H2,1H3,(H,8,12)/t5-/m0/s1. The van der Waals surface area contributed by atoms with Crippen LogP contribution >= 0.6 is 11.8 Å². The van der Waals surface area contributed by atoms with E-state index in [1.165, 1.54) is 4.90 Å². The zero-order valence-corrected chi connectivity index (χ0v) is 9.36. The number of likely N-dealkylation sites (N-methyl/N-ethyl adjacent to an activating group) is 1. The Morgan fingerprint density at radius 2 is 2.50 bits per heavy atom. The minimum Gasteiger partial charge on any atom is -0.334 e. The number of amides is 2. The highest BCUT2D eigenvalue weighted by Crippen LogP contribution is 2.14. The Morgan fingerprint density at radius 3 is 2.94 bits per heavy atom. The average Bonchev–Trinajstić information content (AvgIpc) is 2.65. The molecule has 0 aromatic carbocycles. The molecule has 1 N–H and O–H groups in total. The van der Waals surface area contributed by atoms with E-state index in [0.29, 0.717) is 5.75 Å². The van der Waals surface area contributed by atoms with Gasteiger partial charge in [-0.3, -0.25) is 14.4 Å². The van der Waals surface area contributed by atoms with Crippen molar-refractivity contribution in [3.05, 3.63) is 10.1 Å². The van der Waals surface area contributed by atoms with Crippen LogP contribution in [0.15, 0.2) is 0 Å². The molecule has 1 aliphatic rings. The van der Waals surface area contributed by atoms with Crippen molar-refractivity contribution in [3.8, 4) is 0 Å². The van der Waals surface area contributed by atoms with Crippen LogP contribution in [0.4, 0.5) is 4.79 Å². The summed E-state index contributed by atoms with van der Waals surface area (Å²) < 4.78 is 0. The molecule has 0 aromatic heterocycles.